The fraction of sp³-hybridized carbons (Fsp3) is 0.333. The Balaban J connectivity index is 0.972. The third kappa shape index (κ3) is 7.17. The molecule has 0 bridgehead atoms. The molecule has 2 aliphatic rings. The first kappa shape index (κ1) is 28.0. The molecule has 1 amide bonds. The van der Waals surface area contributed by atoms with Crippen LogP contribution in [0.5, 0.6) is 5.75 Å². The molecule has 6 rings (SSSR count). The third-order valence-corrected chi connectivity index (χ3v) is 8.55. The van der Waals surface area contributed by atoms with E-state index in [4.69, 9.17) is 11.3 Å². The SMILES string of the molecule is [C-]#[N+]c1ccc(CN2CCC(Oc3ccc4cc(C(=O)NC5CCN(Cc6ccccc6)CC5)ccc4c3)CC2)cc1. The van der Waals surface area contributed by atoms with Gasteiger partial charge in [-0.25, -0.2) is 4.85 Å². The molecular weight excluding hydrogens is 520 g/mol. The molecule has 0 atom stereocenters. The molecule has 0 aliphatic carbocycles. The summed E-state index contributed by atoms with van der Waals surface area (Å²) < 4.78 is 6.37. The van der Waals surface area contributed by atoms with E-state index in [-0.39, 0.29) is 18.1 Å². The molecule has 0 spiro atoms. The van der Waals surface area contributed by atoms with Gasteiger partial charge in [0.15, 0.2) is 5.69 Å². The second-order valence-corrected chi connectivity index (χ2v) is 11.6. The summed E-state index contributed by atoms with van der Waals surface area (Å²) in [4.78, 5) is 21.5. The van der Waals surface area contributed by atoms with E-state index in [0.29, 0.717) is 11.3 Å². The van der Waals surface area contributed by atoms with E-state index in [2.05, 4.69) is 74.6 Å². The van der Waals surface area contributed by atoms with Gasteiger partial charge in [-0.15, -0.1) is 0 Å². The molecule has 0 aromatic heterocycles. The molecule has 0 radical (unpaired) electrons. The van der Waals surface area contributed by atoms with Crippen LogP contribution in [0.1, 0.15) is 47.2 Å². The highest BCUT2D eigenvalue weighted by atomic mass is 16.5. The average molecular weight is 559 g/mol. The van der Waals surface area contributed by atoms with Crippen molar-refractivity contribution in [1.82, 2.24) is 15.1 Å². The normalized spacial score (nSPS) is 17.1. The smallest absolute Gasteiger partial charge is 0.251 e. The first-order valence-electron chi connectivity index (χ1n) is 15.1. The number of amides is 1. The van der Waals surface area contributed by atoms with Crippen molar-refractivity contribution in [2.24, 2.45) is 0 Å². The number of piperidine rings is 2. The highest BCUT2D eigenvalue weighted by Crippen LogP contribution is 2.26. The lowest BCUT2D eigenvalue weighted by atomic mass is 10.0. The van der Waals surface area contributed by atoms with Crippen LogP contribution >= 0.6 is 0 Å². The number of benzene rings is 4. The summed E-state index contributed by atoms with van der Waals surface area (Å²) in [6.07, 6.45) is 4.13. The van der Waals surface area contributed by atoms with Crippen molar-refractivity contribution in [3.63, 3.8) is 0 Å². The second kappa shape index (κ2) is 13.2. The maximum Gasteiger partial charge on any atom is 0.251 e. The van der Waals surface area contributed by atoms with Gasteiger partial charge < -0.3 is 10.1 Å². The lowest BCUT2D eigenvalue weighted by Crippen LogP contribution is -2.44. The van der Waals surface area contributed by atoms with Crippen molar-refractivity contribution in [1.29, 1.82) is 0 Å². The van der Waals surface area contributed by atoms with Crippen LogP contribution in [0.15, 0.2) is 91.0 Å². The van der Waals surface area contributed by atoms with Crippen LogP contribution in [0.4, 0.5) is 5.69 Å². The number of fused-ring (bicyclic) bond motifs is 1. The lowest BCUT2D eigenvalue weighted by molar-refractivity contribution is 0.0909. The number of likely N-dealkylation sites (tertiary alicyclic amines) is 2. The predicted octanol–water partition coefficient (Wildman–Crippen LogP) is 6.83. The largest absolute Gasteiger partial charge is 0.490 e. The zero-order valence-corrected chi connectivity index (χ0v) is 24.0. The van der Waals surface area contributed by atoms with Crippen LogP contribution in [0.25, 0.3) is 15.6 Å². The van der Waals surface area contributed by atoms with Crippen LogP contribution in [-0.2, 0) is 13.1 Å². The van der Waals surface area contributed by atoms with Gasteiger partial charge in [0.1, 0.15) is 11.9 Å². The minimum atomic E-state index is 0.00725. The number of nitrogens with one attached hydrogen (secondary N) is 1. The van der Waals surface area contributed by atoms with Gasteiger partial charge in [0.2, 0.25) is 0 Å². The Kier molecular flexibility index (Phi) is 8.79. The van der Waals surface area contributed by atoms with E-state index in [0.717, 1.165) is 81.5 Å². The van der Waals surface area contributed by atoms with Crippen LogP contribution < -0.4 is 10.1 Å². The number of nitrogens with zero attached hydrogens (tertiary/aromatic N) is 3. The Morgan fingerprint density at radius 3 is 2.07 bits per heavy atom. The third-order valence-electron chi connectivity index (χ3n) is 8.55. The van der Waals surface area contributed by atoms with Gasteiger partial charge >= 0.3 is 0 Å². The highest BCUT2D eigenvalue weighted by molar-refractivity contribution is 5.99. The number of carbonyl (C=O) groups excluding carboxylic acids is 1. The quantitative estimate of drug-likeness (QED) is 0.241. The summed E-state index contributed by atoms with van der Waals surface area (Å²) in [7, 11) is 0. The van der Waals surface area contributed by atoms with E-state index < -0.39 is 0 Å². The molecule has 214 valence electrons. The number of carbonyl (C=O) groups is 1. The molecule has 0 saturated carbocycles. The van der Waals surface area contributed by atoms with Crippen LogP contribution in [0.3, 0.4) is 0 Å². The van der Waals surface area contributed by atoms with E-state index in [1.54, 1.807) is 0 Å². The maximum atomic E-state index is 13.1. The van der Waals surface area contributed by atoms with Crippen molar-refractivity contribution in [3.05, 3.63) is 119 Å². The zero-order chi connectivity index (χ0) is 28.7. The summed E-state index contributed by atoms with van der Waals surface area (Å²) >= 11 is 0. The molecule has 2 saturated heterocycles. The molecule has 42 heavy (non-hydrogen) atoms. The maximum absolute atomic E-state index is 13.1. The Hall–Kier alpha value is -4.18. The van der Waals surface area contributed by atoms with Gasteiger partial charge in [-0.1, -0.05) is 66.7 Å². The van der Waals surface area contributed by atoms with Gasteiger partial charge in [-0.05, 0) is 71.8 Å². The molecule has 2 fully saturated rings. The molecular formula is C36H38N4O2. The minimum absolute atomic E-state index is 0.00725. The van der Waals surface area contributed by atoms with Gasteiger partial charge in [0.25, 0.3) is 5.91 Å². The molecule has 2 heterocycles. The van der Waals surface area contributed by atoms with Gasteiger partial charge in [0.05, 0.1) is 6.57 Å². The van der Waals surface area contributed by atoms with E-state index >= 15 is 0 Å². The molecule has 4 aromatic carbocycles. The summed E-state index contributed by atoms with van der Waals surface area (Å²) in [6, 6.07) is 30.8. The van der Waals surface area contributed by atoms with Crippen LogP contribution in [0.2, 0.25) is 0 Å². The van der Waals surface area contributed by atoms with Gasteiger partial charge in [0, 0.05) is 50.9 Å². The van der Waals surface area contributed by atoms with Crippen LogP contribution in [-0.4, -0.2) is 54.0 Å². The van der Waals surface area contributed by atoms with E-state index in [9.17, 15) is 4.79 Å². The Labute approximate surface area is 248 Å². The molecule has 6 nitrogen and oxygen atoms in total. The monoisotopic (exact) mass is 558 g/mol. The predicted molar refractivity (Wildman–Crippen MR) is 168 cm³/mol. The fourth-order valence-electron chi connectivity index (χ4n) is 6.10. The summed E-state index contributed by atoms with van der Waals surface area (Å²) in [5.74, 6) is 0.892. The summed E-state index contributed by atoms with van der Waals surface area (Å²) in [6.45, 7) is 13.0. The Morgan fingerprint density at radius 2 is 1.38 bits per heavy atom. The Morgan fingerprint density at radius 1 is 0.762 bits per heavy atom. The second-order valence-electron chi connectivity index (χ2n) is 11.6. The summed E-state index contributed by atoms with van der Waals surface area (Å²) in [5.41, 5.74) is 3.98. The number of rotatable bonds is 8. The summed E-state index contributed by atoms with van der Waals surface area (Å²) in [5, 5.41) is 5.40. The molecule has 6 heteroatoms. The average Bonchev–Trinajstić information content (AvgIpc) is 3.03. The van der Waals surface area contributed by atoms with Gasteiger partial charge in [-0.2, -0.15) is 0 Å². The topological polar surface area (TPSA) is 49.2 Å². The van der Waals surface area contributed by atoms with E-state index in [1.807, 2.05) is 36.4 Å². The molecule has 2 aliphatic heterocycles. The lowest BCUT2D eigenvalue weighted by Gasteiger charge is -2.32. The zero-order valence-electron chi connectivity index (χ0n) is 24.0. The highest BCUT2D eigenvalue weighted by Gasteiger charge is 2.22. The van der Waals surface area contributed by atoms with E-state index in [1.165, 1.54) is 11.1 Å². The number of hydrogen-bond donors (Lipinski definition) is 1. The molecule has 1 N–H and O–H groups in total. The molecule has 0 unspecified atom stereocenters. The van der Waals surface area contributed by atoms with Crippen molar-refractivity contribution < 1.29 is 9.53 Å². The fourth-order valence-corrected chi connectivity index (χ4v) is 6.10. The minimum Gasteiger partial charge on any atom is -0.490 e. The van der Waals surface area contributed by atoms with Crippen molar-refractivity contribution in [3.8, 4) is 5.75 Å². The van der Waals surface area contributed by atoms with Crippen molar-refractivity contribution in [2.45, 2.75) is 50.9 Å². The van der Waals surface area contributed by atoms with Crippen LogP contribution in [0, 0.1) is 6.57 Å². The Bertz CT molecular complexity index is 1530. The number of ether oxygens (including phenoxy) is 1. The standard InChI is InChI=1S/C36H38N4O2/c1-37-32-12-7-28(8-13-32)26-40-21-17-34(18-22-40)42-35-14-11-29-23-31(10-9-30(29)24-35)36(41)38-33-15-19-39(20-16-33)25-27-5-3-2-4-6-27/h2-14,23-24,33-34H,15-22,25-26H2,(H,38,41). The number of hydrogen-bond acceptors (Lipinski definition) is 4. The first-order valence-corrected chi connectivity index (χ1v) is 15.1. The molecule has 4 aromatic rings. The van der Waals surface area contributed by atoms with Gasteiger partial charge in [-0.3, -0.25) is 14.6 Å². The first-order chi connectivity index (χ1) is 20.6. The van der Waals surface area contributed by atoms with Crippen molar-refractivity contribution >= 4 is 22.4 Å². The van der Waals surface area contributed by atoms with Crippen molar-refractivity contribution in [2.75, 3.05) is 26.2 Å².